The monoisotopic (exact) mass is 382 g/mol. The fourth-order valence-corrected chi connectivity index (χ4v) is 3.21. The standard InChI is InChI=1S/C18H19N4P.2C2H6/c1-4-8-13-12-21(3)16-11-7-6-10-15(16)17-18(14(13)9-5-2)22(23)20-19-17;2*1-2/h4-11H,1-2,12,23H2,3H3;2*1-2H3/b13-8-,14-9+;;. The molecule has 144 valence electrons. The van der Waals surface area contributed by atoms with Gasteiger partial charge in [-0.3, -0.25) is 0 Å². The van der Waals surface area contributed by atoms with E-state index in [2.05, 4.69) is 56.9 Å². The number of likely N-dealkylation sites (N-methyl/N-ethyl adjacent to an activating group) is 1. The fraction of sp³-hybridized carbons (Fsp3) is 0.273. The average Bonchev–Trinajstić information content (AvgIpc) is 3.09. The number of allylic oxidation sites excluding steroid dienone is 4. The minimum atomic E-state index is 0.762. The molecule has 4 nitrogen and oxygen atoms in total. The van der Waals surface area contributed by atoms with Crippen LogP contribution in [0.1, 0.15) is 33.4 Å². The van der Waals surface area contributed by atoms with Crippen molar-refractivity contribution in [3.05, 3.63) is 73.0 Å². The molecule has 2 heterocycles. The van der Waals surface area contributed by atoms with Crippen molar-refractivity contribution in [3.63, 3.8) is 0 Å². The number of hydrogen-bond acceptors (Lipinski definition) is 3. The van der Waals surface area contributed by atoms with Crippen molar-refractivity contribution in [1.29, 1.82) is 0 Å². The maximum atomic E-state index is 4.40. The Hall–Kier alpha value is -2.45. The van der Waals surface area contributed by atoms with E-state index in [1.165, 1.54) is 0 Å². The SMILES string of the molecule is C=C/C=C1/CN(C)c2ccccc2-c2nnn(P)c2/C1=C/C=C.CC.CC. The summed E-state index contributed by atoms with van der Waals surface area (Å²) in [5, 5.41) is 8.61. The predicted octanol–water partition coefficient (Wildman–Crippen LogP) is 5.77. The van der Waals surface area contributed by atoms with Gasteiger partial charge in [-0.2, -0.15) is 0 Å². The van der Waals surface area contributed by atoms with Crippen LogP contribution in [0.15, 0.2) is 67.3 Å². The van der Waals surface area contributed by atoms with Crippen molar-refractivity contribution < 1.29 is 0 Å². The minimum Gasteiger partial charge on any atom is -0.370 e. The molecule has 0 saturated carbocycles. The fourth-order valence-electron chi connectivity index (χ4n) is 2.90. The Morgan fingerprint density at radius 2 is 1.67 bits per heavy atom. The number of para-hydroxylation sites is 1. The zero-order valence-electron chi connectivity index (χ0n) is 17.1. The molecule has 0 N–H and O–H groups in total. The summed E-state index contributed by atoms with van der Waals surface area (Å²) in [6.45, 7) is 16.5. The first-order valence-electron chi connectivity index (χ1n) is 9.33. The third-order valence-electron chi connectivity index (χ3n) is 3.88. The van der Waals surface area contributed by atoms with Crippen LogP contribution in [0.25, 0.3) is 16.8 Å². The third kappa shape index (κ3) is 4.84. The van der Waals surface area contributed by atoms with Gasteiger partial charge in [-0.1, -0.05) is 88.6 Å². The smallest absolute Gasteiger partial charge is 0.123 e. The number of anilines is 1. The van der Waals surface area contributed by atoms with E-state index in [0.29, 0.717) is 0 Å². The van der Waals surface area contributed by atoms with Gasteiger partial charge < -0.3 is 4.90 Å². The van der Waals surface area contributed by atoms with E-state index in [9.17, 15) is 0 Å². The van der Waals surface area contributed by atoms with Crippen molar-refractivity contribution in [2.24, 2.45) is 0 Å². The lowest BCUT2D eigenvalue weighted by Crippen LogP contribution is -2.23. The Morgan fingerprint density at radius 3 is 2.30 bits per heavy atom. The van der Waals surface area contributed by atoms with E-state index < -0.39 is 0 Å². The molecule has 1 aliphatic rings. The maximum absolute atomic E-state index is 4.40. The Kier molecular flexibility index (Phi) is 9.46. The van der Waals surface area contributed by atoms with E-state index in [1.54, 1.807) is 10.5 Å². The van der Waals surface area contributed by atoms with Gasteiger partial charge >= 0.3 is 0 Å². The molecule has 0 saturated heterocycles. The normalized spacial score (nSPS) is 15.3. The van der Waals surface area contributed by atoms with Gasteiger partial charge in [-0.15, -0.1) is 5.10 Å². The molecule has 2 aromatic rings. The summed E-state index contributed by atoms with van der Waals surface area (Å²) in [5.74, 6) is 0. The lowest BCUT2D eigenvalue weighted by Gasteiger charge is -2.27. The highest BCUT2D eigenvalue weighted by molar-refractivity contribution is 7.14. The summed E-state index contributed by atoms with van der Waals surface area (Å²) in [7, 11) is 4.69. The van der Waals surface area contributed by atoms with Crippen LogP contribution in [0.4, 0.5) is 5.69 Å². The van der Waals surface area contributed by atoms with E-state index in [-0.39, 0.29) is 0 Å². The molecule has 0 amide bonds. The van der Waals surface area contributed by atoms with Crippen LogP contribution in [-0.2, 0) is 0 Å². The number of fused-ring (bicyclic) bond motifs is 3. The number of rotatable bonds is 2. The van der Waals surface area contributed by atoms with E-state index in [0.717, 1.165) is 40.3 Å². The van der Waals surface area contributed by atoms with Gasteiger partial charge in [-0.25, -0.2) is 4.45 Å². The highest BCUT2D eigenvalue weighted by Gasteiger charge is 2.25. The van der Waals surface area contributed by atoms with E-state index >= 15 is 0 Å². The Labute approximate surface area is 166 Å². The van der Waals surface area contributed by atoms with Crippen molar-refractivity contribution in [2.45, 2.75) is 27.7 Å². The second-order valence-corrected chi connectivity index (χ2v) is 5.84. The van der Waals surface area contributed by atoms with Crippen molar-refractivity contribution in [3.8, 4) is 11.3 Å². The maximum Gasteiger partial charge on any atom is 0.123 e. The van der Waals surface area contributed by atoms with E-state index in [4.69, 9.17) is 0 Å². The molecule has 0 spiro atoms. The van der Waals surface area contributed by atoms with Crippen LogP contribution in [0.3, 0.4) is 0 Å². The third-order valence-corrected chi connectivity index (χ3v) is 4.24. The van der Waals surface area contributed by atoms with E-state index in [1.807, 2.05) is 58.1 Å². The summed E-state index contributed by atoms with van der Waals surface area (Å²) in [6, 6.07) is 8.25. The molecular weight excluding hydrogens is 351 g/mol. The largest absolute Gasteiger partial charge is 0.370 e. The lowest BCUT2D eigenvalue weighted by atomic mass is 9.94. The summed E-state index contributed by atoms with van der Waals surface area (Å²) >= 11 is 0. The summed E-state index contributed by atoms with van der Waals surface area (Å²) in [5.41, 5.74) is 6.23. The first kappa shape index (κ1) is 22.6. The summed E-state index contributed by atoms with van der Waals surface area (Å²) in [6.07, 6.45) is 7.63. The number of nitrogens with zero attached hydrogens (tertiary/aromatic N) is 4. The molecule has 1 unspecified atom stereocenters. The predicted molar refractivity (Wildman–Crippen MR) is 123 cm³/mol. The summed E-state index contributed by atoms with van der Waals surface area (Å²) in [4.78, 5) is 2.21. The van der Waals surface area contributed by atoms with Gasteiger partial charge in [0.1, 0.15) is 11.4 Å². The molecule has 0 radical (unpaired) electrons. The number of benzene rings is 1. The first-order valence-corrected chi connectivity index (χ1v) is 9.85. The molecule has 0 fully saturated rings. The van der Waals surface area contributed by atoms with Gasteiger partial charge in [0.25, 0.3) is 0 Å². The van der Waals surface area contributed by atoms with Crippen LogP contribution in [0.5, 0.6) is 0 Å². The first-order chi connectivity index (χ1) is 13.2. The lowest BCUT2D eigenvalue weighted by molar-refractivity contribution is 0.886. The molecule has 1 aromatic carbocycles. The highest BCUT2D eigenvalue weighted by atomic mass is 31.0. The average molecular weight is 382 g/mol. The van der Waals surface area contributed by atoms with Gasteiger partial charge in [0.15, 0.2) is 0 Å². The van der Waals surface area contributed by atoms with Crippen molar-refractivity contribution in [2.75, 3.05) is 18.5 Å². The zero-order chi connectivity index (χ0) is 20.4. The molecule has 3 rings (SSSR count). The second-order valence-electron chi connectivity index (χ2n) is 5.35. The summed E-state index contributed by atoms with van der Waals surface area (Å²) < 4.78 is 1.74. The Bertz CT molecular complexity index is 831. The molecule has 1 aliphatic heterocycles. The van der Waals surface area contributed by atoms with Crippen LogP contribution in [-0.4, -0.2) is 28.4 Å². The molecule has 0 aliphatic carbocycles. The van der Waals surface area contributed by atoms with Gasteiger partial charge in [-0.05, 0) is 21.0 Å². The molecule has 1 aromatic heterocycles. The highest BCUT2D eigenvalue weighted by Crippen LogP contribution is 2.39. The molecule has 27 heavy (non-hydrogen) atoms. The number of aromatic nitrogens is 3. The van der Waals surface area contributed by atoms with Crippen LogP contribution in [0, 0.1) is 0 Å². The Morgan fingerprint density at radius 1 is 1.04 bits per heavy atom. The van der Waals surface area contributed by atoms with Crippen molar-refractivity contribution in [1.82, 2.24) is 14.8 Å². The van der Waals surface area contributed by atoms with Gasteiger partial charge in [0.05, 0.1) is 0 Å². The molecule has 1 atom stereocenters. The quantitative estimate of drug-likeness (QED) is 0.619. The van der Waals surface area contributed by atoms with Crippen LogP contribution < -0.4 is 4.90 Å². The van der Waals surface area contributed by atoms with Crippen LogP contribution in [0.2, 0.25) is 0 Å². The van der Waals surface area contributed by atoms with Crippen molar-refractivity contribution >= 4 is 20.7 Å². The van der Waals surface area contributed by atoms with Gasteiger partial charge in [0.2, 0.25) is 0 Å². The molecular formula is C22H31N4P. The minimum absolute atomic E-state index is 0.762. The topological polar surface area (TPSA) is 34.0 Å². The Balaban J connectivity index is 0.000000855. The molecule has 5 heteroatoms. The molecule has 0 bridgehead atoms. The van der Waals surface area contributed by atoms with Gasteiger partial charge in [0, 0.05) is 30.4 Å². The number of hydrogen-bond donors (Lipinski definition) is 0. The van der Waals surface area contributed by atoms with Crippen LogP contribution >= 0.6 is 9.39 Å². The zero-order valence-corrected chi connectivity index (χ0v) is 18.3. The second kappa shape index (κ2) is 11.3.